The van der Waals surface area contributed by atoms with E-state index in [2.05, 4.69) is 0 Å². The minimum Gasteiger partial charge on any atom is -0.464 e. The monoisotopic (exact) mass is 397 g/mol. The van der Waals surface area contributed by atoms with Gasteiger partial charge in [-0.1, -0.05) is 38.5 Å². The van der Waals surface area contributed by atoms with Crippen LogP contribution in [0.15, 0.2) is 29.2 Å². The van der Waals surface area contributed by atoms with Crippen LogP contribution in [0.5, 0.6) is 0 Å². The van der Waals surface area contributed by atoms with Crippen LogP contribution in [0.25, 0.3) is 0 Å². The van der Waals surface area contributed by atoms with Crippen LogP contribution in [0.3, 0.4) is 0 Å². The molecular formula is C19H27NO6S. The third kappa shape index (κ3) is 3.48. The van der Waals surface area contributed by atoms with Gasteiger partial charge < -0.3 is 9.47 Å². The number of benzene rings is 1. The van der Waals surface area contributed by atoms with Gasteiger partial charge in [0.2, 0.25) is 15.6 Å². The van der Waals surface area contributed by atoms with Crippen molar-refractivity contribution in [3.63, 3.8) is 0 Å². The van der Waals surface area contributed by atoms with Crippen LogP contribution in [0.4, 0.5) is 0 Å². The number of aryl methyl sites for hydroxylation is 1. The molecule has 1 fully saturated rings. The number of carbonyl (C=O) groups is 2. The Morgan fingerprint density at radius 1 is 1.04 bits per heavy atom. The normalized spacial score (nSPS) is 21.4. The fourth-order valence-electron chi connectivity index (χ4n) is 3.37. The van der Waals surface area contributed by atoms with E-state index in [9.17, 15) is 18.0 Å². The van der Waals surface area contributed by atoms with Crippen LogP contribution in [0.1, 0.15) is 40.2 Å². The largest absolute Gasteiger partial charge is 0.464 e. The van der Waals surface area contributed by atoms with E-state index < -0.39 is 39.0 Å². The average Bonchev–Trinajstić information content (AvgIpc) is 3.29. The lowest BCUT2D eigenvalue weighted by Crippen LogP contribution is -2.44. The quantitative estimate of drug-likeness (QED) is 0.416. The molecular weight excluding hydrogens is 370 g/mol. The van der Waals surface area contributed by atoms with Gasteiger partial charge in [0.1, 0.15) is 0 Å². The molecule has 7 nitrogen and oxygen atoms in total. The molecule has 2 rings (SSSR count). The molecule has 0 radical (unpaired) electrons. The minimum absolute atomic E-state index is 0.0119. The molecule has 8 heteroatoms. The molecule has 0 aromatic heterocycles. The molecule has 1 saturated heterocycles. The second-order valence-corrected chi connectivity index (χ2v) is 9.40. The van der Waals surface area contributed by atoms with Crippen LogP contribution >= 0.6 is 0 Å². The van der Waals surface area contributed by atoms with Gasteiger partial charge in [-0.2, -0.15) is 4.31 Å². The number of hydrogen-bond donors (Lipinski definition) is 0. The summed E-state index contributed by atoms with van der Waals surface area (Å²) in [6.07, 6.45) is 0. The van der Waals surface area contributed by atoms with Crippen molar-refractivity contribution in [1.82, 2.24) is 4.31 Å². The fraction of sp³-hybridized carbons (Fsp3) is 0.579. The Labute approximate surface area is 160 Å². The van der Waals surface area contributed by atoms with Crippen LogP contribution in [-0.2, 0) is 29.1 Å². The molecule has 1 aromatic carbocycles. The second kappa shape index (κ2) is 7.24. The molecule has 27 heavy (non-hydrogen) atoms. The SMILES string of the molecule is CCOC(=O)C1(C(=O)OCC)C(C(C)(C)C)N1S(=O)(=O)c1ccc(C)cc1. The van der Waals surface area contributed by atoms with Crippen molar-refractivity contribution in [3.8, 4) is 0 Å². The van der Waals surface area contributed by atoms with Crippen molar-refractivity contribution in [1.29, 1.82) is 0 Å². The van der Waals surface area contributed by atoms with E-state index in [0.29, 0.717) is 0 Å². The van der Waals surface area contributed by atoms with Crippen LogP contribution < -0.4 is 0 Å². The van der Waals surface area contributed by atoms with Gasteiger partial charge in [0, 0.05) is 0 Å². The van der Waals surface area contributed by atoms with Gasteiger partial charge in [0.15, 0.2) is 0 Å². The molecule has 1 aliphatic heterocycles. The standard InChI is InChI=1S/C19H27NO6S/c1-7-25-16(21)19(17(22)26-8-2)15(18(4,5)6)20(19)27(23,24)14-11-9-13(3)10-12-14/h9-12,15H,7-8H2,1-6H3. The maximum atomic E-state index is 13.3. The maximum Gasteiger partial charge on any atom is 0.341 e. The van der Waals surface area contributed by atoms with E-state index in [1.54, 1.807) is 46.8 Å². The van der Waals surface area contributed by atoms with Crippen molar-refractivity contribution in [2.75, 3.05) is 13.2 Å². The van der Waals surface area contributed by atoms with E-state index >= 15 is 0 Å². The van der Waals surface area contributed by atoms with Gasteiger partial charge in [-0.3, -0.25) is 0 Å². The van der Waals surface area contributed by atoms with Gasteiger partial charge in [-0.25, -0.2) is 18.0 Å². The summed E-state index contributed by atoms with van der Waals surface area (Å²) >= 11 is 0. The molecule has 0 aliphatic carbocycles. The average molecular weight is 397 g/mol. The molecule has 0 saturated carbocycles. The van der Waals surface area contributed by atoms with Crippen molar-refractivity contribution in [3.05, 3.63) is 29.8 Å². The fourth-order valence-corrected chi connectivity index (χ4v) is 5.40. The van der Waals surface area contributed by atoms with Crippen LogP contribution in [0.2, 0.25) is 0 Å². The van der Waals surface area contributed by atoms with Gasteiger partial charge in [-0.15, -0.1) is 0 Å². The molecule has 0 amide bonds. The number of esters is 2. The minimum atomic E-state index is -4.12. The molecule has 0 N–H and O–H groups in total. The third-order valence-electron chi connectivity index (χ3n) is 4.48. The van der Waals surface area contributed by atoms with Gasteiger partial charge in [-0.05, 0) is 38.3 Å². The van der Waals surface area contributed by atoms with Gasteiger partial charge in [0.25, 0.3) is 0 Å². The molecule has 0 spiro atoms. The van der Waals surface area contributed by atoms with E-state index in [0.717, 1.165) is 9.87 Å². The summed E-state index contributed by atoms with van der Waals surface area (Å²) in [4.78, 5) is 25.6. The lowest BCUT2D eigenvalue weighted by molar-refractivity contribution is -0.160. The molecule has 2 unspecified atom stereocenters. The Balaban J connectivity index is 2.64. The summed E-state index contributed by atoms with van der Waals surface area (Å²) in [6, 6.07) is 5.35. The first-order valence-corrected chi connectivity index (χ1v) is 10.3. The number of hydrogen-bond acceptors (Lipinski definition) is 6. The molecule has 1 aromatic rings. The van der Waals surface area contributed by atoms with E-state index in [-0.39, 0.29) is 18.1 Å². The zero-order chi connectivity index (χ0) is 20.6. The predicted octanol–water partition coefficient (Wildman–Crippen LogP) is 2.28. The first kappa shape index (κ1) is 21.4. The van der Waals surface area contributed by atoms with Crippen LogP contribution in [0, 0.1) is 12.3 Å². The molecule has 1 heterocycles. The second-order valence-electron chi connectivity index (χ2n) is 7.59. The predicted molar refractivity (Wildman–Crippen MR) is 99.4 cm³/mol. The van der Waals surface area contributed by atoms with Crippen molar-refractivity contribution >= 4 is 22.0 Å². The number of sulfonamides is 1. The summed E-state index contributed by atoms with van der Waals surface area (Å²) in [6.45, 7) is 10.4. The van der Waals surface area contributed by atoms with Crippen molar-refractivity contribution < 1.29 is 27.5 Å². The van der Waals surface area contributed by atoms with Gasteiger partial charge in [0.05, 0.1) is 24.2 Å². The Morgan fingerprint density at radius 2 is 1.48 bits per heavy atom. The lowest BCUT2D eigenvalue weighted by Gasteiger charge is -2.19. The summed E-state index contributed by atoms with van der Waals surface area (Å²) in [5.74, 6) is -1.81. The zero-order valence-electron chi connectivity index (χ0n) is 16.6. The summed E-state index contributed by atoms with van der Waals surface area (Å²) in [5.41, 5.74) is -1.81. The third-order valence-corrected chi connectivity index (χ3v) is 6.37. The maximum absolute atomic E-state index is 13.3. The topological polar surface area (TPSA) is 89.8 Å². The number of ether oxygens (including phenoxy) is 2. The Bertz CT molecular complexity index is 805. The van der Waals surface area contributed by atoms with E-state index in [1.165, 1.54) is 12.1 Å². The zero-order valence-corrected chi connectivity index (χ0v) is 17.4. The first-order chi connectivity index (χ1) is 12.4. The number of carbonyl (C=O) groups excluding carboxylic acids is 2. The number of rotatable bonds is 6. The summed E-state index contributed by atoms with van der Waals surface area (Å²) in [5, 5.41) is 0. The molecule has 150 valence electrons. The molecule has 1 aliphatic rings. The Morgan fingerprint density at radius 3 is 1.85 bits per heavy atom. The lowest BCUT2D eigenvalue weighted by atomic mass is 9.84. The summed E-state index contributed by atoms with van der Waals surface area (Å²) in [7, 11) is -4.12. The Hall–Kier alpha value is -1.93. The highest BCUT2D eigenvalue weighted by atomic mass is 32.2. The highest BCUT2D eigenvalue weighted by Crippen LogP contribution is 2.55. The molecule has 2 atom stereocenters. The van der Waals surface area contributed by atoms with Crippen molar-refractivity contribution in [2.24, 2.45) is 5.41 Å². The van der Waals surface area contributed by atoms with Crippen molar-refractivity contribution in [2.45, 2.75) is 58.0 Å². The Kier molecular flexibility index (Phi) is 5.73. The highest BCUT2D eigenvalue weighted by molar-refractivity contribution is 7.89. The smallest absolute Gasteiger partial charge is 0.341 e. The first-order valence-electron chi connectivity index (χ1n) is 8.91. The highest BCUT2D eigenvalue weighted by Gasteiger charge is 2.82. The summed E-state index contributed by atoms with van der Waals surface area (Å²) < 4.78 is 37.8. The van der Waals surface area contributed by atoms with E-state index in [1.807, 2.05) is 6.92 Å². The number of nitrogens with zero attached hydrogens (tertiary/aromatic N) is 1. The molecule has 0 bridgehead atoms. The van der Waals surface area contributed by atoms with E-state index in [4.69, 9.17) is 9.47 Å². The van der Waals surface area contributed by atoms with Gasteiger partial charge >= 0.3 is 11.9 Å². The van der Waals surface area contributed by atoms with Crippen LogP contribution in [-0.4, -0.2) is 49.5 Å².